The molecule has 4 heteroatoms. The Kier molecular flexibility index (Phi) is 8.47. The van der Waals surface area contributed by atoms with Crippen molar-refractivity contribution in [1.29, 1.82) is 0 Å². The third kappa shape index (κ3) is 11.5. The van der Waals surface area contributed by atoms with E-state index in [0.29, 0.717) is 6.42 Å². The second kappa shape index (κ2) is 7.63. The molecule has 0 aliphatic rings. The molecule has 0 aliphatic carbocycles. The molecule has 0 heterocycles. The van der Waals surface area contributed by atoms with Gasteiger partial charge in [0.1, 0.15) is 0 Å². The summed E-state index contributed by atoms with van der Waals surface area (Å²) in [6.07, 6.45) is 3.28. The Morgan fingerprint density at radius 1 is 1.19 bits per heavy atom. The molecule has 0 aromatic rings. The van der Waals surface area contributed by atoms with E-state index in [1.807, 2.05) is 0 Å². The van der Waals surface area contributed by atoms with Gasteiger partial charge in [0.05, 0.1) is 5.60 Å². The van der Waals surface area contributed by atoms with E-state index in [9.17, 15) is 9.90 Å². The minimum atomic E-state index is -0.785. The van der Waals surface area contributed by atoms with Gasteiger partial charge in [-0.05, 0) is 34.1 Å². The smallest absolute Gasteiger partial charge is 0.303 e. The number of hydrogen-bond acceptors (Lipinski definition) is 3. The highest BCUT2D eigenvalue weighted by atomic mass is 16.4. The fraction of sp³-hybridized carbons (Fsp3) is 0.917. The van der Waals surface area contributed by atoms with E-state index in [4.69, 9.17) is 10.8 Å². The van der Waals surface area contributed by atoms with Gasteiger partial charge in [-0.1, -0.05) is 19.8 Å². The van der Waals surface area contributed by atoms with Crippen LogP contribution in [0.25, 0.3) is 0 Å². The van der Waals surface area contributed by atoms with E-state index < -0.39 is 17.1 Å². The molecule has 0 saturated carbocycles. The fourth-order valence-electron chi connectivity index (χ4n) is 0.526. The van der Waals surface area contributed by atoms with Crippen molar-refractivity contribution in [2.24, 2.45) is 5.73 Å². The third-order valence-corrected chi connectivity index (χ3v) is 2.57. The van der Waals surface area contributed by atoms with Crippen LogP contribution in [0.4, 0.5) is 0 Å². The summed E-state index contributed by atoms with van der Waals surface area (Å²) in [6, 6.07) is 0. The zero-order valence-electron chi connectivity index (χ0n) is 11.2. The van der Waals surface area contributed by atoms with Gasteiger partial charge in [0.15, 0.2) is 0 Å². The summed E-state index contributed by atoms with van der Waals surface area (Å²) in [6.45, 7) is 9.06. The molecule has 0 aliphatic heterocycles. The van der Waals surface area contributed by atoms with Crippen molar-refractivity contribution in [2.45, 2.75) is 71.4 Å². The number of carboxylic acids is 1. The average molecular weight is 233 g/mol. The quantitative estimate of drug-likeness (QED) is 0.635. The number of unbranched alkanes of at least 4 members (excludes halogenated alkanes) is 2. The first kappa shape index (κ1) is 17.8. The van der Waals surface area contributed by atoms with Crippen LogP contribution in [0.1, 0.15) is 60.3 Å². The highest BCUT2D eigenvalue weighted by Gasteiger charge is 2.30. The molecule has 98 valence electrons. The van der Waals surface area contributed by atoms with Crippen molar-refractivity contribution in [3.63, 3.8) is 0 Å². The molecule has 0 aromatic carbocycles. The normalized spacial score (nSPS) is 11.7. The lowest BCUT2D eigenvalue weighted by molar-refractivity contribution is -0.137. The predicted octanol–water partition coefficient (Wildman–Crippen LogP) is 2.15. The largest absolute Gasteiger partial charge is 0.481 e. The summed E-state index contributed by atoms with van der Waals surface area (Å²) in [7, 11) is 0. The van der Waals surface area contributed by atoms with Gasteiger partial charge in [-0.3, -0.25) is 4.79 Å². The molecule has 0 bridgehead atoms. The van der Waals surface area contributed by atoms with Crippen LogP contribution < -0.4 is 5.73 Å². The Morgan fingerprint density at radius 3 is 1.75 bits per heavy atom. The minimum absolute atomic E-state index is 0.327. The summed E-state index contributed by atoms with van der Waals surface area (Å²) in [5.74, 6) is -0.682. The third-order valence-electron chi connectivity index (χ3n) is 2.57. The molecule has 0 saturated heterocycles. The summed E-state index contributed by atoms with van der Waals surface area (Å²) < 4.78 is 0. The molecule has 0 unspecified atom stereocenters. The zero-order valence-corrected chi connectivity index (χ0v) is 11.2. The summed E-state index contributed by atoms with van der Waals surface area (Å²) in [5, 5.41) is 17.4. The Balaban J connectivity index is 0. The number of carbonyl (C=O) groups is 1. The molecule has 0 atom stereocenters. The van der Waals surface area contributed by atoms with Crippen molar-refractivity contribution in [3.8, 4) is 0 Å². The van der Waals surface area contributed by atoms with Crippen LogP contribution in [-0.4, -0.2) is 27.3 Å². The van der Waals surface area contributed by atoms with Crippen molar-refractivity contribution in [2.75, 3.05) is 0 Å². The maximum Gasteiger partial charge on any atom is 0.303 e. The Bertz CT molecular complexity index is 177. The van der Waals surface area contributed by atoms with Crippen molar-refractivity contribution < 1.29 is 15.0 Å². The maximum absolute atomic E-state index is 9.87. The van der Waals surface area contributed by atoms with E-state index in [2.05, 4.69) is 6.92 Å². The van der Waals surface area contributed by atoms with Crippen LogP contribution in [0.3, 0.4) is 0 Å². The molecule has 0 rings (SSSR count). The number of aliphatic carboxylic acids is 1. The Hall–Kier alpha value is -0.610. The van der Waals surface area contributed by atoms with Gasteiger partial charge in [0.25, 0.3) is 0 Å². The van der Waals surface area contributed by atoms with Gasteiger partial charge in [-0.15, -0.1) is 0 Å². The first-order chi connectivity index (χ1) is 7.02. The summed E-state index contributed by atoms with van der Waals surface area (Å²) in [5.41, 5.74) is 4.27. The van der Waals surface area contributed by atoms with Gasteiger partial charge in [-0.2, -0.15) is 0 Å². The molecule has 16 heavy (non-hydrogen) atoms. The lowest BCUT2D eigenvalue weighted by atomic mass is 9.87. The SMILES string of the molecule is CC(C)(N)C(C)(C)O.CCCCCC(=O)O. The maximum atomic E-state index is 9.87. The monoisotopic (exact) mass is 233 g/mol. The van der Waals surface area contributed by atoms with E-state index in [0.717, 1.165) is 19.3 Å². The van der Waals surface area contributed by atoms with Crippen molar-refractivity contribution in [3.05, 3.63) is 0 Å². The molecule has 0 amide bonds. The molecular formula is C12H27NO3. The number of nitrogens with two attached hydrogens (primary N) is 1. The van der Waals surface area contributed by atoms with Crippen LogP contribution in [0, 0.1) is 0 Å². The molecule has 0 spiro atoms. The fourth-order valence-corrected chi connectivity index (χ4v) is 0.526. The molecule has 0 aromatic heterocycles. The molecule has 4 nitrogen and oxygen atoms in total. The van der Waals surface area contributed by atoms with Gasteiger partial charge in [0, 0.05) is 12.0 Å². The first-order valence-electron chi connectivity index (χ1n) is 5.75. The van der Waals surface area contributed by atoms with Gasteiger partial charge >= 0.3 is 5.97 Å². The topological polar surface area (TPSA) is 83.5 Å². The first-order valence-corrected chi connectivity index (χ1v) is 5.75. The van der Waals surface area contributed by atoms with Crippen LogP contribution in [-0.2, 0) is 4.79 Å². The lowest BCUT2D eigenvalue weighted by Crippen LogP contribution is -2.52. The Labute approximate surface area is 98.8 Å². The number of hydrogen-bond donors (Lipinski definition) is 3. The highest BCUT2D eigenvalue weighted by molar-refractivity contribution is 5.66. The number of aliphatic hydroxyl groups is 1. The molecule has 4 N–H and O–H groups in total. The zero-order chi connectivity index (χ0) is 13.4. The van der Waals surface area contributed by atoms with Gasteiger partial charge < -0.3 is 15.9 Å². The average Bonchev–Trinajstić information content (AvgIpc) is 2.01. The van der Waals surface area contributed by atoms with Crippen LogP contribution in [0.2, 0.25) is 0 Å². The van der Waals surface area contributed by atoms with E-state index >= 15 is 0 Å². The van der Waals surface area contributed by atoms with Gasteiger partial charge in [0.2, 0.25) is 0 Å². The summed E-state index contributed by atoms with van der Waals surface area (Å²) >= 11 is 0. The van der Waals surface area contributed by atoms with Crippen LogP contribution in [0.15, 0.2) is 0 Å². The predicted molar refractivity (Wildman–Crippen MR) is 66.3 cm³/mol. The van der Waals surface area contributed by atoms with Gasteiger partial charge in [-0.25, -0.2) is 0 Å². The van der Waals surface area contributed by atoms with E-state index in [-0.39, 0.29) is 0 Å². The highest BCUT2D eigenvalue weighted by Crippen LogP contribution is 2.16. The van der Waals surface area contributed by atoms with Crippen LogP contribution >= 0.6 is 0 Å². The standard InChI is InChI=1S/C6H15NO.C6H12O2/c1-5(2,7)6(3,4)8;1-2-3-4-5-6(7)8/h8H,7H2,1-4H3;2-5H2,1H3,(H,7,8). The molecule has 0 radical (unpaired) electrons. The molecular weight excluding hydrogens is 206 g/mol. The lowest BCUT2D eigenvalue weighted by Gasteiger charge is -2.32. The molecule has 0 fully saturated rings. The Morgan fingerprint density at radius 2 is 1.56 bits per heavy atom. The minimum Gasteiger partial charge on any atom is -0.481 e. The second-order valence-corrected chi connectivity index (χ2v) is 5.13. The van der Waals surface area contributed by atoms with Crippen LogP contribution in [0.5, 0.6) is 0 Å². The van der Waals surface area contributed by atoms with E-state index in [1.165, 1.54) is 0 Å². The van der Waals surface area contributed by atoms with Crippen molar-refractivity contribution in [1.82, 2.24) is 0 Å². The summed E-state index contributed by atoms with van der Waals surface area (Å²) in [4.78, 5) is 9.87. The second-order valence-electron chi connectivity index (χ2n) is 5.13. The number of rotatable bonds is 5. The number of carboxylic acid groups (broad SMARTS) is 1. The van der Waals surface area contributed by atoms with E-state index in [1.54, 1.807) is 27.7 Å². The van der Waals surface area contributed by atoms with Crippen molar-refractivity contribution >= 4 is 5.97 Å².